The molecular formula is C9H9N3. The fourth-order valence-corrected chi connectivity index (χ4v) is 0.503. The minimum atomic E-state index is 0.146. The Hall–Kier alpha value is -1.87. The molecule has 0 atom stereocenters. The summed E-state index contributed by atoms with van der Waals surface area (Å²) < 4.78 is 0. The lowest BCUT2D eigenvalue weighted by molar-refractivity contribution is 1.29. The normalized spacial score (nSPS) is 10.8. The van der Waals surface area contributed by atoms with Gasteiger partial charge in [-0.15, -0.1) is 0 Å². The van der Waals surface area contributed by atoms with Gasteiger partial charge < -0.3 is 0 Å². The average molecular weight is 159 g/mol. The highest BCUT2D eigenvalue weighted by Crippen LogP contribution is 1.97. The van der Waals surface area contributed by atoms with E-state index in [1.54, 1.807) is 12.1 Å². The minimum absolute atomic E-state index is 0.146. The van der Waals surface area contributed by atoms with Crippen LogP contribution in [-0.2, 0) is 0 Å². The molecular weight excluding hydrogens is 150 g/mol. The van der Waals surface area contributed by atoms with Gasteiger partial charge in [0.25, 0.3) is 0 Å². The third-order valence-electron chi connectivity index (χ3n) is 1.17. The van der Waals surface area contributed by atoms with E-state index in [0.717, 1.165) is 5.57 Å². The second-order valence-corrected chi connectivity index (χ2v) is 2.02. The lowest BCUT2D eigenvalue weighted by atomic mass is 10.2. The van der Waals surface area contributed by atoms with Gasteiger partial charge in [0, 0.05) is 6.21 Å². The van der Waals surface area contributed by atoms with E-state index in [1.165, 1.54) is 6.21 Å². The predicted molar refractivity (Wildman–Crippen MR) is 47.2 cm³/mol. The van der Waals surface area contributed by atoms with Gasteiger partial charge >= 0.3 is 0 Å². The molecule has 0 aromatic heterocycles. The van der Waals surface area contributed by atoms with Crippen molar-refractivity contribution in [3.8, 4) is 12.1 Å². The van der Waals surface area contributed by atoms with Crippen molar-refractivity contribution in [3.63, 3.8) is 0 Å². The monoisotopic (exact) mass is 159 g/mol. The summed E-state index contributed by atoms with van der Waals surface area (Å²) >= 11 is 0. The molecule has 0 amide bonds. The molecule has 0 unspecified atom stereocenters. The second kappa shape index (κ2) is 5.88. The first kappa shape index (κ1) is 10.1. The lowest BCUT2D eigenvalue weighted by Gasteiger charge is -1.89. The Kier molecular flexibility index (Phi) is 4.96. The summed E-state index contributed by atoms with van der Waals surface area (Å²) in [7, 11) is 0. The molecule has 0 aromatic rings. The number of hydrogen-bond acceptors (Lipinski definition) is 3. The van der Waals surface area contributed by atoms with Gasteiger partial charge in [0.15, 0.2) is 0 Å². The fourth-order valence-electron chi connectivity index (χ4n) is 0.503. The molecule has 0 rings (SSSR count). The van der Waals surface area contributed by atoms with Gasteiger partial charge in [-0.25, -0.2) is 4.99 Å². The van der Waals surface area contributed by atoms with E-state index in [2.05, 4.69) is 11.6 Å². The van der Waals surface area contributed by atoms with Crippen LogP contribution in [0.2, 0.25) is 0 Å². The molecule has 0 saturated heterocycles. The van der Waals surface area contributed by atoms with Crippen LogP contribution in [0.5, 0.6) is 0 Å². The van der Waals surface area contributed by atoms with E-state index >= 15 is 0 Å². The SMILES string of the molecule is C=C(C#N)/N=C\C(=C/C)CC#N. The van der Waals surface area contributed by atoms with Crippen LogP contribution in [0.1, 0.15) is 13.3 Å². The van der Waals surface area contributed by atoms with E-state index in [0.29, 0.717) is 6.42 Å². The molecule has 0 aliphatic carbocycles. The maximum atomic E-state index is 8.35. The van der Waals surface area contributed by atoms with Gasteiger partial charge in [0.05, 0.1) is 12.5 Å². The fraction of sp³-hybridized carbons (Fsp3) is 0.222. The Morgan fingerprint density at radius 1 is 1.58 bits per heavy atom. The number of nitrogens with zero attached hydrogens (tertiary/aromatic N) is 3. The number of aliphatic imine (C=N–C) groups is 1. The van der Waals surface area contributed by atoms with Crippen molar-refractivity contribution < 1.29 is 0 Å². The van der Waals surface area contributed by atoms with Gasteiger partial charge in [0.2, 0.25) is 0 Å². The molecule has 3 heteroatoms. The number of hydrogen-bond donors (Lipinski definition) is 0. The maximum absolute atomic E-state index is 8.35. The van der Waals surface area contributed by atoms with Crippen LogP contribution in [0.4, 0.5) is 0 Å². The van der Waals surface area contributed by atoms with Crippen LogP contribution in [0.3, 0.4) is 0 Å². The summed E-state index contributed by atoms with van der Waals surface area (Å²) in [6.07, 6.45) is 3.56. The van der Waals surface area contributed by atoms with Crippen LogP contribution in [-0.4, -0.2) is 6.21 Å². The Bertz CT molecular complexity index is 297. The number of rotatable bonds is 3. The smallest absolute Gasteiger partial charge is 0.133 e. The highest BCUT2D eigenvalue weighted by Gasteiger charge is 1.89. The van der Waals surface area contributed by atoms with Crippen LogP contribution in [0.15, 0.2) is 28.9 Å². The summed E-state index contributed by atoms with van der Waals surface area (Å²) in [6, 6.07) is 3.77. The highest BCUT2D eigenvalue weighted by molar-refractivity contribution is 5.80. The zero-order chi connectivity index (χ0) is 9.40. The Morgan fingerprint density at radius 3 is 2.67 bits per heavy atom. The first-order valence-corrected chi connectivity index (χ1v) is 3.39. The second-order valence-electron chi connectivity index (χ2n) is 2.02. The maximum Gasteiger partial charge on any atom is 0.133 e. The topological polar surface area (TPSA) is 59.9 Å². The van der Waals surface area contributed by atoms with Crippen molar-refractivity contribution >= 4 is 6.21 Å². The van der Waals surface area contributed by atoms with E-state index in [-0.39, 0.29) is 5.70 Å². The largest absolute Gasteiger partial charge is 0.246 e. The molecule has 0 N–H and O–H groups in total. The first-order valence-electron chi connectivity index (χ1n) is 3.39. The number of nitriles is 2. The molecule has 0 fully saturated rings. The molecule has 0 radical (unpaired) electrons. The van der Waals surface area contributed by atoms with E-state index < -0.39 is 0 Å². The first-order chi connectivity index (χ1) is 5.74. The van der Waals surface area contributed by atoms with Gasteiger partial charge in [-0.3, -0.25) is 0 Å². The van der Waals surface area contributed by atoms with Crippen molar-refractivity contribution in [1.82, 2.24) is 0 Å². The summed E-state index contributed by atoms with van der Waals surface area (Å²) in [4.78, 5) is 3.73. The molecule has 0 spiro atoms. The van der Waals surface area contributed by atoms with Crippen LogP contribution in [0.25, 0.3) is 0 Å². The van der Waals surface area contributed by atoms with Gasteiger partial charge in [-0.1, -0.05) is 12.7 Å². The van der Waals surface area contributed by atoms with Gasteiger partial charge in [-0.2, -0.15) is 10.5 Å². The molecule has 0 bridgehead atoms. The summed E-state index contributed by atoms with van der Waals surface area (Å²) in [5.74, 6) is 0. The molecule has 0 aliphatic rings. The quantitative estimate of drug-likeness (QED) is 0.466. The predicted octanol–water partition coefficient (Wildman–Crippen LogP) is 1.95. The van der Waals surface area contributed by atoms with Crippen LogP contribution < -0.4 is 0 Å². The molecule has 0 aliphatic heterocycles. The zero-order valence-corrected chi connectivity index (χ0v) is 6.91. The standard InChI is InChI=1S/C9H9N3/c1-3-9(4-5-10)7-12-8(2)6-11/h3,7H,2,4H2,1H3/b9-3-,12-7-. The average Bonchev–Trinajstić information content (AvgIpc) is 2.11. The summed E-state index contributed by atoms with van der Waals surface area (Å²) in [5, 5.41) is 16.7. The van der Waals surface area contributed by atoms with Gasteiger partial charge in [-0.05, 0) is 12.5 Å². The molecule has 0 saturated carbocycles. The number of allylic oxidation sites excluding steroid dienone is 3. The van der Waals surface area contributed by atoms with Crippen molar-refractivity contribution in [1.29, 1.82) is 10.5 Å². The highest BCUT2D eigenvalue weighted by atomic mass is 14.7. The van der Waals surface area contributed by atoms with Crippen molar-refractivity contribution in [2.75, 3.05) is 0 Å². The van der Waals surface area contributed by atoms with Crippen molar-refractivity contribution in [2.24, 2.45) is 4.99 Å². The molecule has 0 heterocycles. The summed E-state index contributed by atoms with van der Waals surface area (Å²) in [6.45, 7) is 5.18. The molecule has 12 heavy (non-hydrogen) atoms. The lowest BCUT2D eigenvalue weighted by Crippen LogP contribution is -1.83. The third kappa shape index (κ3) is 4.03. The Morgan fingerprint density at radius 2 is 2.25 bits per heavy atom. The Labute approximate surface area is 72.0 Å². The molecule has 3 nitrogen and oxygen atoms in total. The van der Waals surface area contributed by atoms with E-state index in [1.807, 2.05) is 13.0 Å². The molecule has 0 aromatic carbocycles. The van der Waals surface area contributed by atoms with Crippen LogP contribution in [0, 0.1) is 22.7 Å². The summed E-state index contributed by atoms with van der Waals surface area (Å²) in [5.41, 5.74) is 0.932. The molecule has 60 valence electrons. The van der Waals surface area contributed by atoms with Crippen molar-refractivity contribution in [2.45, 2.75) is 13.3 Å². The van der Waals surface area contributed by atoms with Crippen LogP contribution >= 0.6 is 0 Å². The van der Waals surface area contributed by atoms with E-state index in [9.17, 15) is 0 Å². The Balaban J connectivity index is 4.26. The minimum Gasteiger partial charge on any atom is -0.246 e. The van der Waals surface area contributed by atoms with Gasteiger partial charge in [0.1, 0.15) is 11.8 Å². The van der Waals surface area contributed by atoms with Crippen molar-refractivity contribution in [3.05, 3.63) is 23.9 Å². The third-order valence-corrected chi connectivity index (χ3v) is 1.17. The zero-order valence-electron chi connectivity index (χ0n) is 6.91. The van der Waals surface area contributed by atoms with E-state index in [4.69, 9.17) is 10.5 Å².